The Bertz CT molecular complexity index is 1530. The van der Waals surface area contributed by atoms with Crippen LogP contribution in [0.15, 0.2) is 59.8 Å². The van der Waals surface area contributed by atoms with Crippen molar-refractivity contribution < 1.29 is 9.59 Å². The predicted octanol–water partition coefficient (Wildman–Crippen LogP) is 3.43. The molecule has 2 amide bonds. The van der Waals surface area contributed by atoms with E-state index in [4.69, 9.17) is 0 Å². The summed E-state index contributed by atoms with van der Waals surface area (Å²) in [5, 5.41) is 0.711. The minimum Gasteiger partial charge on any atom is -0.345 e. The van der Waals surface area contributed by atoms with Crippen LogP contribution in [0.2, 0.25) is 0 Å². The van der Waals surface area contributed by atoms with E-state index in [1.54, 1.807) is 44.2 Å². The van der Waals surface area contributed by atoms with Gasteiger partial charge in [-0.3, -0.25) is 19.4 Å². The molecule has 1 aliphatic heterocycles. The van der Waals surface area contributed by atoms with Gasteiger partial charge in [-0.25, -0.2) is 0 Å². The fourth-order valence-corrected chi connectivity index (χ4v) is 4.72. The summed E-state index contributed by atoms with van der Waals surface area (Å²) in [5.41, 5.74) is 5.13. The maximum Gasteiger partial charge on any atom is 0.275 e. The third kappa shape index (κ3) is 3.80. The van der Waals surface area contributed by atoms with E-state index in [1.165, 1.54) is 9.47 Å². The molecule has 1 aliphatic rings. The first kappa shape index (κ1) is 22.6. The third-order valence-corrected chi connectivity index (χ3v) is 6.63. The number of rotatable bonds is 4. The molecule has 4 aromatic rings. The lowest BCUT2D eigenvalue weighted by Gasteiger charge is -2.16. The minimum atomic E-state index is -0.232. The molecular weight excluding hydrogens is 442 g/mol. The lowest BCUT2D eigenvalue weighted by atomic mass is 10.0. The topological polar surface area (TPSA) is 80.4 Å². The van der Waals surface area contributed by atoms with Crippen LogP contribution in [-0.4, -0.2) is 51.5 Å². The first-order valence-electron chi connectivity index (χ1n) is 11.5. The number of benzene rings is 1. The van der Waals surface area contributed by atoms with E-state index in [9.17, 15) is 14.4 Å². The van der Waals surface area contributed by atoms with E-state index in [0.29, 0.717) is 23.0 Å². The maximum atomic E-state index is 13.1. The largest absolute Gasteiger partial charge is 0.345 e. The minimum absolute atomic E-state index is 0.163. The highest BCUT2D eigenvalue weighted by Gasteiger charge is 2.22. The quantitative estimate of drug-likeness (QED) is 0.459. The molecule has 0 spiro atoms. The molecule has 0 bridgehead atoms. The van der Waals surface area contributed by atoms with Crippen molar-refractivity contribution in [2.75, 3.05) is 25.5 Å². The summed E-state index contributed by atoms with van der Waals surface area (Å²) >= 11 is 0. The Labute approximate surface area is 203 Å². The molecule has 8 nitrogen and oxygen atoms in total. The van der Waals surface area contributed by atoms with Gasteiger partial charge in [0.05, 0.1) is 0 Å². The average Bonchev–Trinajstić information content (AvgIpc) is 3.43. The van der Waals surface area contributed by atoms with E-state index in [2.05, 4.69) is 4.98 Å². The van der Waals surface area contributed by atoms with Crippen LogP contribution < -0.4 is 10.5 Å². The van der Waals surface area contributed by atoms with E-state index in [1.807, 2.05) is 48.5 Å². The molecule has 178 valence electrons. The Balaban J connectivity index is 1.58. The number of carbonyl (C=O) groups is 2. The monoisotopic (exact) mass is 469 g/mol. The molecule has 8 heteroatoms. The molecule has 35 heavy (non-hydrogen) atoms. The zero-order valence-corrected chi connectivity index (χ0v) is 20.3. The highest BCUT2D eigenvalue weighted by atomic mass is 16.2. The molecule has 0 atom stereocenters. The van der Waals surface area contributed by atoms with Gasteiger partial charge in [-0.2, -0.15) is 0 Å². The number of aromatic nitrogens is 3. The molecule has 1 saturated heterocycles. The first-order chi connectivity index (χ1) is 16.8. The van der Waals surface area contributed by atoms with E-state index < -0.39 is 0 Å². The van der Waals surface area contributed by atoms with Crippen LogP contribution >= 0.6 is 0 Å². The number of nitrogens with zero attached hydrogens (tertiary/aromatic N) is 5. The van der Waals surface area contributed by atoms with Crippen molar-refractivity contribution in [2.24, 2.45) is 14.1 Å². The van der Waals surface area contributed by atoms with Gasteiger partial charge in [0.15, 0.2) is 0 Å². The zero-order valence-electron chi connectivity index (χ0n) is 20.3. The van der Waals surface area contributed by atoms with Crippen LogP contribution in [-0.2, 0) is 18.9 Å². The van der Waals surface area contributed by atoms with Crippen molar-refractivity contribution in [2.45, 2.75) is 12.8 Å². The van der Waals surface area contributed by atoms with E-state index in [-0.39, 0.29) is 17.4 Å². The Morgan fingerprint density at radius 1 is 0.971 bits per heavy atom. The number of fused-ring (bicyclic) bond motifs is 1. The van der Waals surface area contributed by atoms with Crippen molar-refractivity contribution in [3.63, 3.8) is 0 Å². The predicted molar refractivity (Wildman–Crippen MR) is 136 cm³/mol. The Morgan fingerprint density at radius 2 is 1.69 bits per heavy atom. The molecule has 0 radical (unpaired) electrons. The van der Waals surface area contributed by atoms with Gasteiger partial charge >= 0.3 is 0 Å². The second kappa shape index (κ2) is 8.54. The fourth-order valence-electron chi connectivity index (χ4n) is 4.72. The number of aryl methyl sites for hydroxylation is 1. The summed E-state index contributed by atoms with van der Waals surface area (Å²) in [4.78, 5) is 45.6. The summed E-state index contributed by atoms with van der Waals surface area (Å²) in [7, 11) is 6.78. The highest BCUT2D eigenvalue weighted by molar-refractivity contribution is 6.01. The second-order valence-corrected chi connectivity index (χ2v) is 9.17. The van der Waals surface area contributed by atoms with Crippen molar-refractivity contribution in [3.8, 4) is 22.3 Å². The molecule has 5 rings (SSSR count). The molecule has 3 aromatic heterocycles. The van der Waals surface area contributed by atoms with Gasteiger partial charge in [0.25, 0.3) is 11.5 Å². The summed E-state index contributed by atoms with van der Waals surface area (Å²) < 4.78 is 3.20. The molecule has 0 saturated carbocycles. The standard InChI is InChI=1S/C27H27N5O3/c1-29(2)26(34)23-13-21-22(16-30(3)25(21)27(35)31(23)4)19-12-18(14-28-15-19)17-7-9-20(10-8-17)32-11-5-6-24(32)33/h7-10,12-16H,5-6,11H2,1-4H3. The van der Waals surface area contributed by atoms with Crippen molar-refractivity contribution in [3.05, 3.63) is 71.0 Å². The van der Waals surface area contributed by atoms with Gasteiger partial charge in [-0.1, -0.05) is 12.1 Å². The molecule has 0 unspecified atom stereocenters. The smallest absolute Gasteiger partial charge is 0.275 e. The Morgan fingerprint density at radius 3 is 2.34 bits per heavy atom. The number of carbonyl (C=O) groups excluding carboxylic acids is 2. The van der Waals surface area contributed by atoms with Crippen LogP contribution in [0.3, 0.4) is 0 Å². The number of hydrogen-bond donors (Lipinski definition) is 0. The van der Waals surface area contributed by atoms with Crippen LogP contribution in [0.5, 0.6) is 0 Å². The summed E-state index contributed by atoms with van der Waals surface area (Å²) in [6, 6.07) is 11.7. The lowest BCUT2D eigenvalue weighted by Crippen LogP contribution is -2.30. The molecule has 0 aliphatic carbocycles. The molecule has 1 aromatic carbocycles. The van der Waals surface area contributed by atoms with Gasteiger partial charge in [0.1, 0.15) is 11.2 Å². The molecule has 4 heterocycles. The number of amides is 2. The number of anilines is 1. The van der Waals surface area contributed by atoms with E-state index >= 15 is 0 Å². The Kier molecular flexibility index (Phi) is 5.51. The van der Waals surface area contributed by atoms with Gasteiger partial charge in [-0.05, 0) is 36.2 Å². The van der Waals surface area contributed by atoms with Gasteiger partial charge in [0, 0.05) is 87.5 Å². The van der Waals surface area contributed by atoms with Crippen LogP contribution in [0.25, 0.3) is 33.2 Å². The van der Waals surface area contributed by atoms with Crippen LogP contribution in [0.4, 0.5) is 5.69 Å². The first-order valence-corrected chi connectivity index (χ1v) is 11.5. The zero-order chi connectivity index (χ0) is 24.9. The third-order valence-electron chi connectivity index (χ3n) is 6.63. The second-order valence-electron chi connectivity index (χ2n) is 9.17. The summed E-state index contributed by atoms with van der Waals surface area (Å²) in [6.45, 7) is 0.758. The maximum absolute atomic E-state index is 13.1. The summed E-state index contributed by atoms with van der Waals surface area (Å²) in [6.07, 6.45) is 6.95. The van der Waals surface area contributed by atoms with Crippen molar-refractivity contribution in [1.82, 2.24) is 19.0 Å². The Hall–Kier alpha value is -4.20. The number of pyridine rings is 2. The molecule has 1 fully saturated rings. The van der Waals surface area contributed by atoms with Crippen molar-refractivity contribution in [1.29, 1.82) is 0 Å². The normalized spacial score (nSPS) is 13.6. The number of hydrogen-bond acceptors (Lipinski definition) is 4. The van der Waals surface area contributed by atoms with Gasteiger partial charge in [-0.15, -0.1) is 0 Å². The average molecular weight is 470 g/mol. The van der Waals surface area contributed by atoms with Gasteiger partial charge < -0.3 is 18.9 Å². The lowest BCUT2D eigenvalue weighted by molar-refractivity contribution is -0.117. The van der Waals surface area contributed by atoms with Crippen LogP contribution in [0, 0.1) is 0 Å². The molecule has 0 N–H and O–H groups in total. The van der Waals surface area contributed by atoms with Crippen molar-refractivity contribution >= 4 is 28.4 Å². The SMILES string of the molecule is CN(C)C(=O)c1cc2c(-c3cncc(-c4ccc(N5CCCC5=O)cc4)c3)cn(C)c2c(=O)n1C. The van der Waals surface area contributed by atoms with E-state index in [0.717, 1.165) is 40.9 Å². The highest BCUT2D eigenvalue weighted by Crippen LogP contribution is 2.32. The molecular formula is C27H27N5O3. The van der Waals surface area contributed by atoms with Gasteiger partial charge in [0.2, 0.25) is 5.91 Å². The fraction of sp³-hybridized carbons (Fsp3) is 0.259. The van der Waals surface area contributed by atoms with Crippen LogP contribution in [0.1, 0.15) is 23.3 Å². The summed E-state index contributed by atoms with van der Waals surface area (Å²) in [5.74, 6) is -0.0691.